The van der Waals surface area contributed by atoms with Gasteiger partial charge >= 0.3 is 0 Å². The number of aromatic nitrogens is 1. The van der Waals surface area contributed by atoms with Crippen molar-refractivity contribution in [2.45, 2.75) is 0 Å². The summed E-state index contributed by atoms with van der Waals surface area (Å²) >= 11 is 3.01. The van der Waals surface area contributed by atoms with Crippen LogP contribution in [0, 0.1) is 0 Å². The minimum Gasteiger partial charge on any atom is -0.497 e. The number of rotatable bonds is 6. The summed E-state index contributed by atoms with van der Waals surface area (Å²) in [5.74, 6) is 1.02. The van der Waals surface area contributed by atoms with Crippen LogP contribution in [-0.4, -0.2) is 24.6 Å². The van der Waals surface area contributed by atoms with Crippen molar-refractivity contribution in [2.75, 3.05) is 19.0 Å². The zero-order valence-corrected chi connectivity index (χ0v) is 13.9. The molecule has 0 aliphatic carbocycles. The molecular weight excluding hydrogens is 332 g/mol. The molecule has 3 rings (SSSR count). The number of hydrogen-bond donors (Lipinski definition) is 1. The van der Waals surface area contributed by atoms with Crippen LogP contribution in [0.2, 0.25) is 0 Å². The van der Waals surface area contributed by atoms with E-state index in [4.69, 9.17) is 9.47 Å². The second-order valence-electron chi connectivity index (χ2n) is 4.53. The quantitative estimate of drug-likeness (QED) is 0.735. The molecule has 118 valence electrons. The average molecular weight is 346 g/mol. The summed E-state index contributed by atoms with van der Waals surface area (Å²) in [5.41, 5.74) is 0.869. The number of methoxy groups -OCH3 is 1. The van der Waals surface area contributed by atoms with Gasteiger partial charge in [0, 0.05) is 11.4 Å². The molecule has 0 radical (unpaired) electrons. The van der Waals surface area contributed by atoms with Gasteiger partial charge in [0.25, 0.3) is 5.91 Å². The molecular formula is C16H14N2O3S2. The van der Waals surface area contributed by atoms with Crippen molar-refractivity contribution in [1.29, 1.82) is 0 Å². The molecule has 0 fully saturated rings. The largest absolute Gasteiger partial charge is 0.497 e. The molecule has 1 aromatic carbocycles. The predicted octanol–water partition coefficient (Wildman–Crippen LogP) is 3.90. The summed E-state index contributed by atoms with van der Waals surface area (Å²) in [4.78, 5) is 17.4. The summed E-state index contributed by atoms with van der Waals surface area (Å²) in [5, 5.41) is 7.22. The SMILES string of the molecule is COc1cccc(OCC(=O)Nc2nc(-c3cccs3)cs2)c1. The Bertz CT molecular complexity index is 784. The number of hydrogen-bond acceptors (Lipinski definition) is 6. The normalized spacial score (nSPS) is 10.3. The van der Waals surface area contributed by atoms with Crippen molar-refractivity contribution in [3.05, 3.63) is 47.2 Å². The number of nitrogens with one attached hydrogen (secondary N) is 1. The van der Waals surface area contributed by atoms with Crippen LogP contribution < -0.4 is 14.8 Å². The van der Waals surface area contributed by atoms with E-state index in [-0.39, 0.29) is 12.5 Å². The van der Waals surface area contributed by atoms with Crippen LogP contribution in [-0.2, 0) is 4.79 Å². The highest BCUT2D eigenvalue weighted by molar-refractivity contribution is 7.16. The summed E-state index contributed by atoms with van der Waals surface area (Å²) in [7, 11) is 1.58. The maximum Gasteiger partial charge on any atom is 0.264 e. The minimum atomic E-state index is -0.250. The highest BCUT2D eigenvalue weighted by Crippen LogP contribution is 2.28. The lowest BCUT2D eigenvalue weighted by Crippen LogP contribution is -2.20. The number of amides is 1. The number of nitrogens with zero attached hydrogens (tertiary/aromatic N) is 1. The zero-order chi connectivity index (χ0) is 16.1. The van der Waals surface area contributed by atoms with E-state index in [1.54, 1.807) is 36.6 Å². The Labute approximate surface area is 141 Å². The number of carbonyl (C=O) groups excluding carboxylic acids is 1. The summed E-state index contributed by atoms with van der Waals surface area (Å²) in [6.45, 7) is -0.0823. The van der Waals surface area contributed by atoms with Gasteiger partial charge < -0.3 is 9.47 Å². The lowest BCUT2D eigenvalue weighted by molar-refractivity contribution is -0.118. The lowest BCUT2D eigenvalue weighted by atomic mass is 10.3. The number of thiophene rings is 1. The molecule has 7 heteroatoms. The molecule has 0 aliphatic rings. The van der Waals surface area contributed by atoms with Crippen LogP contribution in [0.5, 0.6) is 11.5 Å². The van der Waals surface area contributed by atoms with Gasteiger partial charge in [-0.1, -0.05) is 12.1 Å². The number of anilines is 1. The van der Waals surface area contributed by atoms with E-state index in [9.17, 15) is 4.79 Å². The van der Waals surface area contributed by atoms with Crippen molar-refractivity contribution < 1.29 is 14.3 Å². The van der Waals surface area contributed by atoms with E-state index in [1.165, 1.54) is 11.3 Å². The third kappa shape index (κ3) is 4.08. The van der Waals surface area contributed by atoms with Crippen LogP contribution in [0.25, 0.3) is 10.6 Å². The fourth-order valence-corrected chi connectivity index (χ4v) is 3.35. The van der Waals surface area contributed by atoms with Crippen LogP contribution in [0.4, 0.5) is 5.13 Å². The van der Waals surface area contributed by atoms with E-state index < -0.39 is 0 Å². The van der Waals surface area contributed by atoms with Crippen LogP contribution in [0.15, 0.2) is 47.2 Å². The maximum atomic E-state index is 11.9. The maximum absolute atomic E-state index is 11.9. The first-order valence-corrected chi connectivity index (χ1v) is 8.56. The molecule has 0 saturated carbocycles. The van der Waals surface area contributed by atoms with E-state index >= 15 is 0 Å². The Balaban J connectivity index is 1.55. The van der Waals surface area contributed by atoms with Gasteiger partial charge in [-0.15, -0.1) is 22.7 Å². The first kappa shape index (κ1) is 15.5. The van der Waals surface area contributed by atoms with Crippen LogP contribution >= 0.6 is 22.7 Å². The Hall–Kier alpha value is -2.38. The summed E-state index contributed by atoms with van der Waals surface area (Å²) in [6.07, 6.45) is 0. The van der Waals surface area contributed by atoms with Crippen LogP contribution in [0.1, 0.15) is 0 Å². The van der Waals surface area contributed by atoms with Crippen molar-refractivity contribution in [1.82, 2.24) is 4.98 Å². The first-order valence-electron chi connectivity index (χ1n) is 6.81. The van der Waals surface area contributed by atoms with Crippen molar-refractivity contribution in [3.8, 4) is 22.1 Å². The van der Waals surface area contributed by atoms with Gasteiger partial charge in [0.05, 0.1) is 17.7 Å². The predicted molar refractivity (Wildman–Crippen MR) is 92.5 cm³/mol. The molecule has 0 aliphatic heterocycles. The fraction of sp³-hybridized carbons (Fsp3) is 0.125. The van der Waals surface area contributed by atoms with Gasteiger partial charge in [-0.2, -0.15) is 0 Å². The van der Waals surface area contributed by atoms with Gasteiger partial charge in [-0.25, -0.2) is 4.98 Å². The van der Waals surface area contributed by atoms with Gasteiger partial charge in [0.2, 0.25) is 0 Å². The zero-order valence-electron chi connectivity index (χ0n) is 12.3. The van der Waals surface area contributed by atoms with Crippen molar-refractivity contribution >= 4 is 33.7 Å². The summed E-state index contributed by atoms with van der Waals surface area (Å²) in [6, 6.07) is 11.1. The van der Waals surface area contributed by atoms with Gasteiger partial charge in [-0.3, -0.25) is 10.1 Å². The number of benzene rings is 1. The summed E-state index contributed by atoms with van der Waals surface area (Å²) < 4.78 is 10.6. The van der Waals surface area contributed by atoms with E-state index in [0.717, 1.165) is 10.6 Å². The number of carbonyl (C=O) groups is 1. The molecule has 1 N–H and O–H groups in total. The molecule has 2 aromatic heterocycles. The Morgan fingerprint density at radius 3 is 2.87 bits per heavy atom. The molecule has 23 heavy (non-hydrogen) atoms. The first-order chi connectivity index (χ1) is 11.2. The monoisotopic (exact) mass is 346 g/mol. The Morgan fingerprint density at radius 1 is 1.22 bits per heavy atom. The molecule has 0 saturated heterocycles. The molecule has 0 bridgehead atoms. The standard InChI is InChI=1S/C16H14N2O3S2/c1-20-11-4-2-5-12(8-11)21-9-15(19)18-16-17-13(10-23-16)14-6-3-7-22-14/h2-8,10H,9H2,1H3,(H,17,18,19). The fourth-order valence-electron chi connectivity index (χ4n) is 1.86. The molecule has 1 amide bonds. The van der Waals surface area contributed by atoms with Crippen molar-refractivity contribution in [2.24, 2.45) is 0 Å². The Morgan fingerprint density at radius 2 is 2.09 bits per heavy atom. The second-order valence-corrected chi connectivity index (χ2v) is 6.34. The van der Waals surface area contributed by atoms with E-state index in [1.807, 2.05) is 29.0 Å². The highest BCUT2D eigenvalue weighted by atomic mass is 32.1. The third-order valence-corrected chi connectivity index (χ3v) is 4.59. The molecule has 5 nitrogen and oxygen atoms in total. The molecule has 0 atom stereocenters. The van der Waals surface area contributed by atoms with Gasteiger partial charge in [0.15, 0.2) is 11.7 Å². The van der Waals surface area contributed by atoms with E-state index in [0.29, 0.717) is 16.6 Å². The smallest absolute Gasteiger partial charge is 0.264 e. The molecule has 2 heterocycles. The van der Waals surface area contributed by atoms with Gasteiger partial charge in [-0.05, 0) is 23.6 Å². The Kier molecular flexibility index (Phi) is 4.89. The number of thiazole rings is 1. The highest BCUT2D eigenvalue weighted by Gasteiger charge is 2.09. The lowest BCUT2D eigenvalue weighted by Gasteiger charge is -2.07. The minimum absolute atomic E-state index is 0.0823. The average Bonchev–Trinajstić information content (AvgIpc) is 3.24. The van der Waals surface area contributed by atoms with Crippen LogP contribution in [0.3, 0.4) is 0 Å². The third-order valence-electron chi connectivity index (χ3n) is 2.94. The number of ether oxygens (including phenoxy) is 2. The molecule has 0 spiro atoms. The van der Waals surface area contributed by atoms with Crippen molar-refractivity contribution in [3.63, 3.8) is 0 Å². The van der Waals surface area contributed by atoms with Gasteiger partial charge in [0.1, 0.15) is 11.5 Å². The molecule has 0 unspecified atom stereocenters. The van der Waals surface area contributed by atoms with E-state index in [2.05, 4.69) is 10.3 Å². The topological polar surface area (TPSA) is 60.5 Å². The molecule has 3 aromatic rings. The second kappa shape index (κ2) is 7.26.